The van der Waals surface area contributed by atoms with Gasteiger partial charge in [-0.15, -0.1) is 0 Å². The number of imidazole rings is 1. The Bertz CT molecular complexity index is 1320. The predicted octanol–water partition coefficient (Wildman–Crippen LogP) is 2.09. The van der Waals surface area contributed by atoms with Gasteiger partial charge in [0.25, 0.3) is 11.2 Å². The summed E-state index contributed by atoms with van der Waals surface area (Å²) in [5, 5.41) is 11.4. The van der Waals surface area contributed by atoms with Crippen LogP contribution in [-0.2, 0) is 0 Å². The standard InChI is InChI=1S/C17H9N3O5S/c21-16-15(26-17-18-10-3-1-2-4-11(10)19(16)17)6-9-5-13-14(25-8-24-13)7-12(9)20(22)23/h1-7H,8H2. The van der Waals surface area contributed by atoms with E-state index in [0.29, 0.717) is 26.5 Å². The van der Waals surface area contributed by atoms with Crippen molar-refractivity contribution in [3.05, 3.63) is 67.0 Å². The molecule has 3 heterocycles. The van der Waals surface area contributed by atoms with Gasteiger partial charge >= 0.3 is 0 Å². The van der Waals surface area contributed by atoms with Gasteiger partial charge < -0.3 is 9.47 Å². The van der Waals surface area contributed by atoms with Crippen molar-refractivity contribution in [3.8, 4) is 11.5 Å². The van der Waals surface area contributed by atoms with Gasteiger partial charge in [-0.1, -0.05) is 23.5 Å². The molecule has 0 radical (unpaired) electrons. The van der Waals surface area contributed by atoms with E-state index in [2.05, 4.69) is 4.98 Å². The highest BCUT2D eigenvalue weighted by atomic mass is 32.1. The highest BCUT2D eigenvalue weighted by Gasteiger charge is 2.22. The molecule has 4 aromatic rings. The van der Waals surface area contributed by atoms with E-state index in [-0.39, 0.29) is 23.6 Å². The Morgan fingerprint density at radius 3 is 2.81 bits per heavy atom. The second kappa shape index (κ2) is 5.27. The lowest BCUT2D eigenvalue weighted by atomic mass is 10.1. The van der Waals surface area contributed by atoms with Crippen molar-refractivity contribution in [1.29, 1.82) is 0 Å². The summed E-state index contributed by atoms with van der Waals surface area (Å²) in [5.41, 5.74) is 1.32. The van der Waals surface area contributed by atoms with E-state index in [1.165, 1.54) is 33.9 Å². The average Bonchev–Trinajstić information content (AvgIpc) is 3.29. The fourth-order valence-corrected chi connectivity index (χ4v) is 3.95. The molecule has 0 amide bonds. The lowest BCUT2D eigenvalue weighted by Gasteiger charge is -2.00. The van der Waals surface area contributed by atoms with Gasteiger partial charge in [0.05, 0.1) is 32.1 Å². The van der Waals surface area contributed by atoms with Crippen LogP contribution < -0.4 is 19.6 Å². The second-order valence-corrected chi connectivity index (χ2v) is 6.66. The summed E-state index contributed by atoms with van der Waals surface area (Å²) in [6, 6.07) is 10.2. The lowest BCUT2D eigenvalue weighted by molar-refractivity contribution is -0.385. The van der Waals surface area contributed by atoms with E-state index in [1.54, 1.807) is 0 Å². The minimum absolute atomic E-state index is 0.0154. The third-order valence-corrected chi connectivity index (χ3v) is 5.12. The summed E-state index contributed by atoms with van der Waals surface area (Å²) in [4.78, 5) is 28.7. The zero-order valence-corrected chi connectivity index (χ0v) is 13.9. The normalized spacial score (nSPS) is 13.8. The molecular formula is C17H9N3O5S. The number of rotatable bonds is 2. The molecule has 0 bridgehead atoms. The van der Waals surface area contributed by atoms with Gasteiger partial charge in [0.1, 0.15) is 0 Å². The molecule has 0 saturated heterocycles. The maximum atomic E-state index is 12.8. The molecule has 2 aromatic carbocycles. The molecule has 128 valence electrons. The highest BCUT2D eigenvalue weighted by molar-refractivity contribution is 7.15. The molecule has 0 unspecified atom stereocenters. The summed E-state index contributed by atoms with van der Waals surface area (Å²) in [6.45, 7) is 0.0154. The van der Waals surface area contributed by atoms with Crippen molar-refractivity contribution in [2.75, 3.05) is 6.79 Å². The minimum atomic E-state index is -0.508. The van der Waals surface area contributed by atoms with Gasteiger partial charge in [0.2, 0.25) is 6.79 Å². The molecular weight excluding hydrogens is 358 g/mol. The van der Waals surface area contributed by atoms with Crippen molar-refractivity contribution in [1.82, 2.24) is 9.38 Å². The topological polar surface area (TPSA) is 96.0 Å². The van der Waals surface area contributed by atoms with E-state index >= 15 is 0 Å². The van der Waals surface area contributed by atoms with Crippen LogP contribution >= 0.6 is 11.3 Å². The van der Waals surface area contributed by atoms with Gasteiger partial charge in [0.15, 0.2) is 16.5 Å². The Balaban J connectivity index is 1.78. The van der Waals surface area contributed by atoms with E-state index in [4.69, 9.17) is 9.47 Å². The number of para-hydroxylation sites is 2. The third-order valence-electron chi connectivity index (χ3n) is 4.15. The Morgan fingerprint density at radius 2 is 2.00 bits per heavy atom. The Kier molecular flexibility index (Phi) is 3.01. The molecule has 26 heavy (non-hydrogen) atoms. The van der Waals surface area contributed by atoms with Crippen molar-refractivity contribution in [2.45, 2.75) is 0 Å². The third kappa shape index (κ3) is 2.07. The number of hydrogen-bond donors (Lipinski definition) is 0. The fraction of sp³-hybridized carbons (Fsp3) is 0.0588. The monoisotopic (exact) mass is 367 g/mol. The Labute approximate surface area is 148 Å². The Hall–Kier alpha value is -3.46. The van der Waals surface area contributed by atoms with Crippen LogP contribution in [0.2, 0.25) is 0 Å². The molecule has 8 nitrogen and oxygen atoms in total. The van der Waals surface area contributed by atoms with E-state index in [0.717, 1.165) is 5.52 Å². The molecule has 0 atom stereocenters. The number of fused-ring (bicyclic) bond motifs is 4. The maximum absolute atomic E-state index is 12.8. The second-order valence-electron chi connectivity index (χ2n) is 5.66. The van der Waals surface area contributed by atoms with Crippen molar-refractivity contribution in [2.24, 2.45) is 0 Å². The van der Waals surface area contributed by atoms with Gasteiger partial charge in [-0.3, -0.25) is 14.9 Å². The van der Waals surface area contributed by atoms with Crippen LogP contribution in [0.15, 0.2) is 41.2 Å². The number of nitro groups is 1. The van der Waals surface area contributed by atoms with Crippen molar-refractivity contribution >= 4 is 39.1 Å². The predicted molar refractivity (Wildman–Crippen MR) is 94.8 cm³/mol. The van der Waals surface area contributed by atoms with Gasteiger partial charge in [0, 0.05) is 0 Å². The zero-order chi connectivity index (χ0) is 17.8. The van der Waals surface area contributed by atoms with Crippen LogP contribution in [-0.4, -0.2) is 21.1 Å². The summed E-state index contributed by atoms with van der Waals surface area (Å²) < 4.78 is 12.4. The first-order chi connectivity index (χ1) is 12.6. The molecule has 0 aliphatic carbocycles. The van der Waals surface area contributed by atoms with E-state index in [1.807, 2.05) is 24.3 Å². The summed E-state index contributed by atoms with van der Waals surface area (Å²) in [5.74, 6) is 0.740. The number of benzene rings is 2. The first-order valence-electron chi connectivity index (χ1n) is 7.61. The molecule has 0 fully saturated rings. The van der Waals surface area contributed by atoms with Crippen molar-refractivity contribution < 1.29 is 14.4 Å². The fourth-order valence-electron chi connectivity index (χ4n) is 2.97. The minimum Gasteiger partial charge on any atom is -0.454 e. The number of nitrogens with zero attached hydrogens (tertiary/aromatic N) is 3. The number of nitro benzene ring substituents is 1. The van der Waals surface area contributed by atoms with Crippen LogP contribution in [0.1, 0.15) is 5.56 Å². The zero-order valence-electron chi connectivity index (χ0n) is 13.0. The van der Waals surface area contributed by atoms with Crippen molar-refractivity contribution in [3.63, 3.8) is 0 Å². The van der Waals surface area contributed by atoms with Crippen LogP contribution in [0.4, 0.5) is 5.69 Å². The molecule has 0 spiro atoms. The summed E-state index contributed by atoms with van der Waals surface area (Å²) in [7, 11) is 0. The van der Waals surface area contributed by atoms with Crippen LogP contribution in [0.25, 0.3) is 22.1 Å². The summed E-state index contributed by atoms with van der Waals surface area (Å²) in [6.07, 6.45) is 1.50. The quantitative estimate of drug-likeness (QED) is 0.398. The number of aromatic nitrogens is 2. The highest BCUT2D eigenvalue weighted by Crippen LogP contribution is 2.38. The molecule has 0 saturated carbocycles. The Morgan fingerprint density at radius 1 is 1.23 bits per heavy atom. The SMILES string of the molecule is O=c1c(=Cc2cc3c(cc2[N+](=O)[O-])OCO3)sc2nc3ccccc3n12. The van der Waals surface area contributed by atoms with Gasteiger partial charge in [-0.05, 0) is 24.3 Å². The summed E-state index contributed by atoms with van der Waals surface area (Å²) >= 11 is 1.19. The molecule has 1 aliphatic heterocycles. The first kappa shape index (κ1) is 14.8. The van der Waals surface area contributed by atoms with Crippen LogP contribution in [0.3, 0.4) is 0 Å². The molecule has 1 aliphatic rings. The number of ether oxygens (including phenoxy) is 2. The lowest BCUT2D eigenvalue weighted by Crippen LogP contribution is -2.22. The number of hydrogen-bond acceptors (Lipinski definition) is 7. The van der Waals surface area contributed by atoms with Gasteiger partial charge in [-0.25, -0.2) is 9.38 Å². The maximum Gasteiger partial charge on any atom is 0.280 e. The molecule has 5 rings (SSSR count). The first-order valence-corrected chi connectivity index (χ1v) is 8.43. The molecule has 9 heteroatoms. The molecule has 0 N–H and O–H groups in total. The van der Waals surface area contributed by atoms with Crippen LogP contribution in [0, 0.1) is 10.1 Å². The molecule has 2 aromatic heterocycles. The van der Waals surface area contributed by atoms with E-state index < -0.39 is 4.92 Å². The largest absolute Gasteiger partial charge is 0.454 e. The number of thiazole rings is 1. The van der Waals surface area contributed by atoms with Gasteiger partial charge in [-0.2, -0.15) is 0 Å². The van der Waals surface area contributed by atoms with Crippen LogP contribution in [0.5, 0.6) is 11.5 Å². The smallest absolute Gasteiger partial charge is 0.280 e. The average molecular weight is 367 g/mol. The van der Waals surface area contributed by atoms with E-state index in [9.17, 15) is 14.9 Å².